The Morgan fingerprint density at radius 3 is 2.32 bits per heavy atom. The molecule has 1 aliphatic rings. The van der Waals surface area contributed by atoms with Crippen molar-refractivity contribution in [1.29, 1.82) is 0 Å². The maximum absolute atomic E-state index is 12.4. The lowest BCUT2D eigenvalue weighted by atomic mass is 9.96. The van der Waals surface area contributed by atoms with Crippen LogP contribution in [0.25, 0.3) is 0 Å². The molecular weight excluding hydrogens is 268 g/mol. The highest BCUT2D eigenvalue weighted by atomic mass is 32.2. The van der Waals surface area contributed by atoms with Crippen LogP contribution >= 0.6 is 0 Å². The molecule has 0 bridgehead atoms. The molecule has 0 spiro atoms. The Bertz CT molecular complexity index is 391. The Balaban J connectivity index is 2.72. The van der Waals surface area contributed by atoms with Crippen LogP contribution in [0.15, 0.2) is 0 Å². The van der Waals surface area contributed by atoms with Gasteiger partial charge in [0.15, 0.2) is 0 Å². The number of carboxylic acid groups (broad SMARTS) is 1. The van der Waals surface area contributed by atoms with Crippen LogP contribution in [0.1, 0.15) is 45.4 Å². The highest BCUT2D eigenvalue weighted by Crippen LogP contribution is 2.24. The van der Waals surface area contributed by atoms with E-state index in [-0.39, 0.29) is 19.0 Å². The number of nitrogens with zero attached hydrogens (tertiary/aromatic N) is 2. The molecule has 1 N–H and O–H groups in total. The van der Waals surface area contributed by atoms with E-state index < -0.39 is 16.2 Å². The molecule has 19 heavy (non-hydrogen) atoms. The van der Waals surface area contributed by atoms with E-state index in [2.05, 4.69) is 0 Å². The third-order valence-corrected chi connectivity index (χ3v) is 5.83. The lowest BCUT2D eigenvalue weighted by Crippen LogP contribution is -2.47. The summed E-state index contributed by atoms with van der Waals surface area (Å²) in [5.41, 5.74) is 0. The first-order chi connectivity index (χ1) is 8.89. The van der Waals surface area contributed by atoms with E-state index >= 15 is 0 Å². The fraction of sp³-hybridized carbons (Fsp3) is 0.917. The van der Waals surface area contributed by atoms with Crippen LogP contribution in [0.2, 0.25) is 0 Å². The number of rotatable bonds is 7. The van der Waals surface area contributed by atoms with E-state index in [0.717, 1.165) is 25.7 Å². The predicted molar refractivity (Wildman–Crippen MR) is 73.1 cm³/mol. The van der Waals surface area contributed by atoms with Gasteiger partial charge in [0.25, 0.3) is 10.2 Å². The number of carbonyl (C=O) groups is 1. The highest BCUT2D eigenvalue weighted by Gasteiger charge is 2.31. The van der Waals surface area contributed by atoms with Crippen molar-refractivity contribution in [3.05, 3.63) is 0 Å². The lowest BCUT2D eigenvalue weighted by molar-refractivity contribution is -0.137. The zero-order valence-electron chi connectivity index (χ0n) is 11.7. The van der Waals surface area contributed by atoms with Gasteiger partial charge in [-0.25, -0.2) is 0 Å². The maximum Gasteiger partial charge on any atom is 0.304 e. The highest BCUT2D eigenvalue weighted by molar-refractivity contribution is 7.86. The average Bonchev–Trinajstić information content (AvgIpc) is 2.39. The monoisotopic (exact) mass is 292 g/mol. The van der Waals surface area contributed by atoms with Gasteiger partial charge < -0.3 is 5.11 Å². The van der Waals surface area contributed by atoms with Crippen LogP contribution in [-0.4, -0.2) is 54.3 Å². The van der Waals surface area contributed by atoms with Gasteiger partial charge in [-0.3, -0.25) is 4.79 Å². The summed E-state index contributed by atoms with van der Waals surface area (Å²) < 4.78 is 27.5. The van der Waals surface area contributed by atoms with E-state index in [9.17, 15) is 13.2 Å². The van der Waals surface area contributed by atoms with Crippen LogP contribution in [0.4, 0.5) is 0 Å². The van der Waals surface area contributed by atoms with Gasteiger partial charge in [-0.2, -0.15) is 17.0 Å². The van der Waals surface area contributed by atoms with Gasteiger partial charge in [0.1, 0.15) is 0 Å². The molecular formula is C12H24N2O4S. The van der Waals surface area contributed by atoms with Gasteiger partial charge in [0.05, 0.1) is 6.42 Å². The molecule has 0 radical (unpaired) electrons. The number of hydrogen-bond acceptors (Lipinski definition) is 3. The first kappa shape index (κ1) is 16.4. The summed E-state index contributed by atoms with van der Waals surface area (Å²) in [6, 6.07) is 0.0534. The summed E-state index contributed by atoms with van der Waals surface area (Å²) >= 11 is 0. The van der Waals surface area contributed by atoms with Crippen molar-refractivity contribution in [3.63, 3.8) is 0 Å². The first-order valence-electron chi connectivity index (χ1n) is 6.84. The Hall–Kier alpha value is -0.660. The second-order valence-electron chi connectivity index (χ2n) is 4.95. The zero-order chi connectivity index (χ0) is 14.5. The van der Waals surface area contributed by atoms with Gasteiger partial charge in [-0.15, -0.1) is 0 Å². The molecule has 1 saturated carbocycles. The van der Waals surface area contributed by atoms with E-state index in [1.54, 1.807) is 14.0 Å². The van der Waals surface area contributed by atoms with Crippen molar-refractivity contribution >= 4 is 16.2 Å². The molecule has 0 saturated heterocycles. The topological polar surface area (TPSA) is 77.9 Å². The minimum atomic E-state index is -3.54. The molecule has 0 unspecified atom stereocenters. The second kappa shape index (κ2) is 7.21. The summed E-state index contributed by atoms with van der Waals surface area (Å²) in [4.78, 5) is 10.6. The summed E-state index contributed by atoms with van der Waals surface area (Å²) in [6.07, 6.45) is 4.92. The molecule has 0 atom stereocenters. The summed E-state index contributed by atoms with van der Waals surface area (Å²) in [5.74, 6) is -0.978. The minimum Gasteiger partial charge on any atom is -0.481 e. The van der Waals surface area contributed by atoms with Crippen molar-refractivity contribution in [2.45, 2.75) is 51.5 Å². The Kier molecular flexibility index (Phi) is 6.22. The van der Waals surface area contributed by atoms with E-state index in [1.807, 2.05) is 0 Å². The largest absolute Gasteiger partial charge is 0.481 e. The summed E-state index contributed by atoms with van der Waals surface area (Å²) in [7, 11) is -1.94. The fourth-order valence-corrected chi connectivity index (χ4v) is 4.07. The molecule has 1 fully saturated rings. The van der Waals surface area contributed by atoms with E-state index in [0.29, 0.717) is 6.54 Å². The molecule has 1 rings (SSSR count). The Morgan fingerprint density at radius 2 is 1.84 bits per heavy atom. The standard InChI is InChI=1S/C12H24N2O4S/c1-3-14(10-9-12(15)16)19(17,18)13(2)11-7-5-4-6-8-11/h11H,3-10H2,1-2H3,(H,15,16). The third-order valence-electron chi connectivity index (χ3n) is 3.71. The van der Waals surface area contributed by atoms with Gasteiger partial charge in [0, 0.05) is 26.2 Å². The third kappa shape index (κ3) is 4.43. The van der Waals surface area contributed by atoms with Crippen LogP contribution in [0.5, 0.6) is 0 Å². The molecule has 7 heteroatoms. The normalized spacial score (nSPS) is 18.1. The van der Waals surface area contributed by atoms with Gasteiger partial charge in [-0.05, 0) is 12.8 Å². The van der Waals surface area contributed by atoms with Crippen molar-refractivity contribution in [1.82, 2.24) is 8.61 Å². The van der Waals surface area contributed by atoms with Crippen molar-refractivity contribution in [2.75, 3.05) is 20.1 Å². The van der Waals surface area contributed by atoms with Crippen molar-refractivity contribution in [2.24, 2.45) is 0 Å². The maximum atomic E-state index is 12.4. The number of hydrogen-bond donors (Lipinski definition) is 1. The molecule has 6 nitrogen and oxygen atoms in total. The minimum absolute atomic E-state index is 0.0330. The van der Waals surface area contributed by atoms with Crippen molar-refractivity contribution < 1.29 is 18.3 Å². The Labute approximate surface area is 115 Å². The smallest absolute Gasteiger partial charge is 0.304 e. The molecule has 0 heterocycles. The van der Waals surface area contributed by atoms with Crippen LogP contribution in [0, 0.1) is 0 Å². The van der Waals surface area contributed by atoms with Crippen LogP contribution in [-0.2, 0) is 15.0 Å². The van der Waals surface area contributed by atoms with Crippen LogP contribution in [0.3, 0.4) is 0 Å². The van der Waals surface area contributed by atoms with Crippen molar-refractivity contribution in [3.8, 4) is 0 Å². The molecule has 0 amide bonds. The SMILES string of the molecule is CCN(CCC(=O)O)S(=O)(=O)N(C)C1CCCCC1. The quantitative estimate of drug-likeness (QED) is 0.767. The molecule has 112 valence electrons. The van der Waals surface area contributed by atoms with Gasteiger partial charge in [-0.1, -0.05) is 26.2 Å². The zero-order valence-corrected chi connectivity index (χ0v) is 12.5. The number of aliphatic carboxylic acids is 1. The van der Waals surface area contributed by atoms with E-state index in [1.165, 1.54) is 15.0 Å². The number of carboxylic acids is 1. The average molecular weight is 292 g/mol. The molecule has 0 aromatic carbocycles. The molecule has 0 aliphatic heterocycles. The molecule has 1 aliphatic carbocycles. The first-order valence-corrected chi connectivity index (χ1v) is 8.24. The molecule has 0 aromatic rings. The second-order valence-corrected chi connectivity index (χ2v) is 6.94. The van der Waals surface area contributed by atoms with E-state index in [4.69, 9.17) is 5.11 Å². The van der Waals surface area contributed by atoms with Crippen LogP contribution < -0.4 is 0 Å². The molecule has 0 aromatic heterocycles. The van der Waals surface area contributed by atoms with Gasteiger partial charge >= 0.3 is 5.97 Å². The summed E-state index contributed by atoms with van der Waals surface area (Å²) in [5, 5.41) is 8.68. The van der Waals surface area contributed by atoms with Gasteiger partial charge in [0.2, 0.25) is 0 Å². The fourth-order valence-electron chi connectivity index (χ4n) is 2.47. The summed E-state index contributed by atoms with van der Waals surface area (Å²) in [6.45, 7) is 2.06. The lowest BCUT2D eigenvalue weighted by Gasteiger charge is -2.34. The Morgan fingerprint density at radius 1 is 1.26 bits per heavy atom. The predicted octanol–water partition coefficient (Wildman–Crippen LogP) is 1.29.